The number of piperazine rings is 1. The second-order valence-corrected chi connectivity index (χ2v) is 6.89. The summed E-state index contributed by atoms with van der Waals surface area (Å²) in [4.78, 5) is 2.19. The Morgan fingerprint density at radius 3 is 2.76 bits per heavy atom. The van der Waals surface area contributed by atoms with Gasteiger partial charge in [-0.15, -0.1) is 0 Å². The Morgan fingerprint density at radius 1 is 1.24 bits per heavy atom. The number of nitrogens with zero attached hydrogens (tertiary/aromatic N) is 1. The standard InChI is InChI=1S/C17H24ClFN2/c1-12-10-20-15(13-6-3-2-4-7-13)11-21(12)16-9-5-8-14(18)17(16)19/h5,8-9,12-13,15,20H,2-4,6-7,10-11H2,1H3. The van der Waals surface area contributed by atoms with Crippen LogP contribution >= 0.6 is 11.6 Å². The number of nitrogens with one attached hydrogen (secondary N) is 1. The van der Waals surface area contributed by atoms with Gasteiger partial charge in [-0.3, -0.25) is 0 Å². The fourth-order valence-electron chi connectivity index (χ4n) is 3.79. The molecule has 21 heavy (non-hydrogen) atoms. The highest BCUT2D eigenvalue weighted by atomic mass is 35.5. The first-order valence-electron chi connectivity index (χ1n) is 8.11. The summed E-state index contributed by atoms with van der Waals surface area (Å²) in [6.45, 7) is 3.93. The number of hydrogen-bond acceptors (Lipinski definition) is 2. The van der Waals surface area contributed by atoms with Gasteiger partial charge in [0.25, 0.3) is 0 Å². The molecule has 1 aliphatic heterocycles. The van der Waals surface area contributed by atoms with Crippen molar-refractivity contribution in [3.63, 3.8) is 0 Å². The Bertz CT molecular complexity index is 488. The van der Waals surface area contributed by atoms with Crippen LogP contribution in [0.5, 0.6) is 0 Å². The van der Waals surface area contributed by atoms with E-state index in [-0.39, 0.29) is 16.9 Å². The number of rotatable bonds is 2. The van der Waals surface area contributed by atoms with Gasteiger partial charge in [-0.25, -0.2) is 4.39 Å². The third-order valence-electron chi connectivity index (χ3n) is 5.06. The van der Waals surface area contributed by atoms with Crippen molar-refractivity contribution in [1.82, 2.24) is 5.32 Å². The molecule has 0 spiro atoms. The summed E-state index contributed by atoms with van der Waals surface area (Å²) in [6.07, 6.45) is 6.65. The molecule has 4 heteroatoms. The van der Waals surface area contributed by atoms with Gasteiger partial charge in [0.1, 0.15) is 0 Å². The smallest absolute Gasteiger partial charge is 0.165 e. The molecule has 116 valence electrons. The minimum absolute atomic E-state index is 0.215. The summed E-state index contributed by atoms with van der Waals surface area (Å²) in [5.74, 6) is 0.450. The zero-order valence-electron chi connectivity index (χ0n) is 12.6. The van der Waals surface area contributed by atoms with Crippen molar-refractivity contribution in [2.75, 3.05) is 18.0 Å². The molecule has 3 rings (SSSR count). The van der Waals surface area contributed by atoms with Crippen LogP contribution in [0.4, 0.5) is 10.1 Å². The fraction of sp³-hybridized carbons (Fsp3) is 0.647. The van der Waals surface area contributed by atoms with Crippen LogP contribution in [0, 0.1) is 11.7 Å². The van der Waals surface area contributed by atoms with Crippen LogP contribution < -0.4 is 10.2 Å². The molecule has 0 amide bonds. The first kappa shape index (κ1) is 15.1. The molecule has 0 bridgehead atoms. The summed E-state index contributed by atoms with van der Waals surface area (Å²) in [7, 11) is 0. The lowest BCUT2D eigenvalue weighted by atomic mass is 9.82. The van der Waals surface area contributed by atoms with Gasteiger partial charge in [-0.1, -0.05) is 36.9 Å². The summed E-state index contributed by atoms with van der Waals surface area (Å²) < 4.78 is 14.3. The molecule has 1 N–H and O–H groups in total. The average Bonchev–Trinajstić information content (AvgIpc) is 2.52. The van der Waals surface area contributed by atoms with E-state index in [0.29, 0.717) is 11.7 Å². The number of halogens is 2. The van der Waals surface area contributed by atoms with E-state index in [0.717, 1.165) is 19.0 Å². The van der Waals surface area contributed by atoms with Crippen LogP contribution in [0.1, 0.15) is 39.0 Å². The van der Waals surface area contributed by atoms with Gasteiger partial charge in [0, 0.05) is 25.2 Å². The first-order valence-corrected chi connectivity index (χ1v) is 8.48. The molecule has 2 unspecified atom stereocenters. The Hall–Kier alpha value is -0.800. The van der Waals surface area contributed by atoms with E-state index in [1.165, 1.54) is 32.1 Å². The molecule has 0 aromatic heterocycles. The van der Waals surface area contributed by atoms with E-state index >= 15 is 0 Å². The van der Waals surface area contributed by atoms with Crippen LogP contribution in [0.25, 0.3) is 0 Å². The highest BCUT2D eigenvalue weighted by molar-refractivity contribution is 6.31. The fourth-order valence-corrected chi connectivity index (χ4v) is 3.96. The van der Waals surface area contributed by atoms with Crippen molar-refractivity contribution >= 4 is 17.3 Å². The molecule has 1 heterocycles. The van der Waals surface area contributed by atoms with Crippen molar-refractivity contribution < 1.29 is 4.39 Å². The van der Waals surface area contributed by atoms with E-state index in [4.69, 9.17) is 11.6 Å². The van der Waals surface area contributed by atoms with E-state index in [1.54, 1.807) is 6.07 Å². The predicted molar refractivity (Wildman–Crippen MR) is 86.6 cm³/mol. The second kappa shape index (κ2) is 6.53. The highest BCUT2D eigenvalue weighted by Gasteiger charge is 2.32. The molecule has 0 radical (unpaired) electrons. The third-order valence-corrected chi connectivity index (χ3v) is 5.35. The van der Waals surface area contributed by atoms with E-state index in [9.17, 15) is 4.39 Å². The highest BCUT2D eigenvalue weighted by Crippen LogP contribution is 2.32. The molecule has 1 aliphatic carbocycles. The van der Waals surface area contributed by atoms with Crippen LogP contribution in [0.3, 0.4) is 0 Å². The quantitative estimate of drug-likeness (QED) is 0.879. The molecule has 1 saturated heterocycles. The molecule has 2 atom stereocenters. The Balaban J connectivity index is 1.78. The molecule has 1 saturated carbocycles. The van der Waals surface area contributed by atoms with Crippen LogP contribution in [0.2, 0.25) is 5.02 Å². The van der Waals surface area contributed by atoms with Gasteiger partial charge in [0.15, 0.2) is 5.82 Å². The lowest BCUT2D eigenvalue weighted by Gasteiger charge is -2.44. The van der Waals surface area contributed by atoms with Gasteiger partial charge >= 0.3 is 0 Å². The summed E-state index contributed by atoms with van der Waals surface area (Å²) in [5.41, 5.74) is 0.650. The average molecular weight is 311 g/mol. The number of benzene rings is 1. The molecular formula is C17H24ClFN2. The van der Waals surface area contributed by atoms with Crippen LogP contribution in [-0.2, 0) is 0 Å². The molecule has 1 aromatic rings. The lowest BCUT2D eigenvalue weighted by Crippen LogP contribution is -2.58. The van der Waals surface area contributed by atoms with Gasteiger partial charge in [-0.05, 0) is 37.8 Å². The van der Waals surface area contributed by atoms with Crippen molar-refractivity contribution in [3.8, 4) is 0 Å². The van der Waals surface area contributed by atoms with Gasteiger partial charge < -0.3 is 10.2 Å². The zero-order chi connectivity index (χ0) is 14.8. The zero-order valence-corrected chi connectivity index (χ0v) is 13.4. The lowest BCUT2D eigenvalue weighted by molar-refractivity contribution is 0.244. The van der Waals surface area contributed by atoms with Crippen molar-refractivity contribution in [2.45, 2.75) is 51.1 Å². The van der Waals surface area contributed by atoms with Gasteiger partial charge in [0.05, 0.1) is 10.7 Å². The molecule has 2 fully saturated rings. The van der Waals surface area contributed by atoms with Crippen LogP contribution in [-0.4, -0.2) is 25.2 Å². The molecule has 2 nitrogen and oxygen atoms in total. The second-order valence-electron chi connectivity index (χ2n) is 6.49. The van der Waals surface area contributed by atoms with Crippen molar-refractivity contribution in [1.29, 1.82) is 0 Å². The Morgan fingerprint density at radius 2 is 2.00 bits per heavy atom. The third kappa shape index (κ3) is 3.19. The number of anilines is 1. The molecular weight excluding hydrogens is 287 g/mol. The Kier molecular flexibility index (Phi) is 4.70. The SMILES string of the molecule is CC1CNC(C2CCCCC2)CN1c1cccc(Cl)c1F. The van der Waals surface area contributed by atoms with Gasteiger partial charge in [0.2, 0.25) is 0 Å². The maximum Gasteiger partial charge on any atom is 0.165 e. The summed E-state index contributed by atoms with van der Waals surface area (Å²) in [6, 6.07) is 6.07. The summed E-state index contributed by atoms with van der Waals surface area (Å²) >= 11 is 5.95. The predicted octanol–water partition coefficient (Wildman–Crippen LogP) is 4.23. The molecule has 2 aliphatic rings. The minimum Gasteiger partial charge on any atom is -0.364 e. The monoisotopic (exact) mass is 310 g/mol. The van der Waals surface area contributed by atoms with Crippen molar-refractivity contribution in [3.05, 3.63) is 29.0 Å². The van der Waals surface area contributed by atoms with E-state index in [2.05, 4.69) is 17.1 Å². The maximum absolute atomic E-state index is 14.3. The van der Waals surface area contributed by atoms with Crippen LogP contribution in [0.15, 0.2) is 18.2 Å². The first-order chi connectivity index (χ1) is 10.2. The normalized spacial score (nSPS) is 27.9. The number of hydrogen-bond donors (Lipinski definition) is 1. The largest absolute Gasteiger partial charge is 0.364 e. The topological polar surface area (TPSA) is 15.3 Å². The molecule has 1 aromatic carbocycles. The Labute approximate surface area is 131 Å². The van der Waals surface area contributed by atoms with E-state index < -0.39 is 0 Å². The van der Waals surface area contributed by atoms with E-state index in [1.807, 2.05) is 12.1 Å². The maximum atomic E-state index is 14.3. The summed E-state index contributed by atoms with van der Waals surface area (Å²) in [5, 5.41) is 3.89. The van der Waals surface area contributed by atoms with Crippen molar-refractivity contribution in [2.24, 2.45) is 5.92 Å². The van der Waals surface area contributed by atoms with Gasteiger partial charge in [-0.2, -0.15) is 0 Å². The minimum atomic E-state index is -0.282.